The van der Waals surface area contributed by atoms with Crippen LogP contribution in [-0.2, 0) is 11.2 Å². The molecule has 0 saturated carbocycles. The zero-order valence-corrected chi connectivity index (χ0v) is 22.1. The van der Waals surface area contributed by atoms with Crippen LogP contribution < -0.4 is 5.32 Å². The second kappa shape index (κ2) is 11.7. The third-order valence-electron chi connectivity index (χ3n) is 7.01. The highest BCUT2D eigenvalue weighted by Gasteiger charge is 2.26. The van der Waals surface area contributed by atoms with Crippen LogP contribution in [-0.4, -0.2) is 34.8 Å². The molecular weight excluding hydrogens is 497 g/mol. The van der Waals surface area contributed by atoms with Gasteiger partial charge in [0.2, 0.25) is 5.91 Å². The predicted octanol–water partition coefficient (Wildman–Crippen LogP) is 6.85. The Bertz CT molecular complexity index is 1430. The van der Waals surface area contributed by atoms with E-state index in [1.54, 1.807) is 6.07 Å². The van der Waals surface area contributed by atoms with E-state index in [-0.39, 0.29) is 23.5 Å². The molecule has 1 N–H and O–H groups in total. The smallest absolute Gasteiger partial charge is 0.275 e. The summed E-state index contributed by atoms with van der Waals surface area (Å²) in [7, 11) is 0. The number of carbonyl (C=O) groups excluding carboxylic acids is 2. The Morgan fingerprint density at radius 3 is 2.55 bits per heavy atom. The number of likely N-dealkylation sites (tertiary alicyclic amines) is 1. The van der Waals surface area contributed by atoms with Crippen LogP contribution in [0, 0.1) is 12.7 Å². The minimum absolute atomic E-state index is 0.0964. The number of para-hydroxylation sites is 1. The van der Waals surface area contributed by atoms with E-state index in [1.807, 2.05) is 47.5 Å². The summed E-state index contributed by atoms with van der Waals surface area (Å²) in [5.41, 5.74) is 5.19. The minimum atomic E-state index is -0.275. The molecule has 194 valence electrons. The number of nitrogens with one attached hydrogen (secondary N) is 1. The van der Waals surface area contributed by atoms with Crippen molar-refractivity contribution < 1.29 is 14.0 Å². The van der Waals surface area contributed by atoms with E-state index in [0.29, 0.717) is 31.6 Å². The van der Waals surface area contributed by atoms with E-state index < -0.39 is 0 Å². The number of thiazole rings is 1. The fraction of sp³-hybridized carbons (Fsp3) is 0.258. The van der Waals surface area contributed by atoms with E-state index in [2.05, 4.69) is 34.6 Å². The molecule has 7 heteroatoms. The van der Waals surface area contributed by atoms with Crippen molar-refractivity contribution in [3.8, 4) is 11.1 Å². The van der Waals surface area contributed by atoms with Gasteiger partial charge in [-0.05, 0) is 55.5 Å². The van der Waals surface area contributed by atoms with Crippen molar-refractivity contribution in [3.63, 3.8) is 0 Å². The van der Waals surface area contributed by atoms with Gasteiger partial charge in [-0.3, -0.25) is 9.59 Å². The van der Waals surface area contributed by atoms with Crippen LogP contribution in [0.3, 0.4) is 0 Å². The van der Waals surface area contributed by atoms with Crippen LogP contribution in [0.1, 0.15) is 51.8 Å². The van der Waals surface area contributed by atoms with Gasteiger partial charge >= 0.3 is 0 Å². The quantitative estimate of drug-likeness (QED) is 0.286. The maximum atomic E-state index is 13.4. The van der Waals surface area contributed by atoms with Crippen molar-refractivity contribution in [1.29, 1.82) is 0 Å². The standard InChI is InChI=1S/C31H30FN3O2S/c1-21-9-12-23(13-10-21)26-7-2-3-8-27(26)33-30(37)28-20-38-31(34-28)24-15-17-35(18-16-24)29(36)14-11-22-5-4-6-25(32)19-22/h2-10,12-13,19-20,24H,11,14-18H2,1H3,(H,33,37). The van der Waals surface area contributed by atoms with Crippen LogP contribution in [0.2, 0.25) is 0 Å². The Hall–Kier alpha value is -3.84. The number of carbonyl (C=O) groups is 2. The van der Waals surface area contributed by atoms with Crippen LogP contribution >= 0.6 is 11.3 Å². The highest BCUT2D eigenvalue weighted by atomic mass is 32.1. The molecule has 2 amide bonds. The molecule has 0 unspecified atom stereocenters. The Morgan fingerprint density at radius 2 is 1.79 bits per heavy atom. The van der Waals surface area contributed by atoms with Gasteiger partial charge in [-0.15, -0.1) is 11.3 Å². The molecule has 1 aliphatic heterocycles. The molecule has 4 aromatic rings. The van der Waals surface area contributed by atoms with E-state index >= 15 is 0 Å². The zero-order chi connectivity index (χ0) is 26.5. The van der Waals surface area contributed by atoms with Gasteiger partial charge in [0.15, 0.2) is 0 Å². The monoisotopic (exact) mass is 527 g/mol. The Morgan fingerprint density at radius 1 is 1.03 bits per heavy atom. The van der Waals surface area contributed by atoms with Crippen molar-refractivity contribution in [3.05, 3.63) is 106 Å². The third-order valence-corrected chi connectivity index (χ3v) is 8.01. The van der Waals surface area contributed by atoms with Crippen molar-refractivity contribution in [2.45, 2.75) is 38.5 Å². The minimum Gasteiger partial charge on any atom is -0.343 e. The third kappa shape index (κ3) is 6.17. The number of anilines is 1. The molecule has 3 aromatic carbocycles. The first kappa shape index (κ1) is 25.8. The first-order chi connectivity index (χ1) is 18.5. The second-order valence-corrected chi connectivity index (χ2v) is 10.6. The molecule has 38 heavy (non-hydrogen) atoms. The highest BCUT2D eigenvalue weighted by Crippen LogP contribution is 2.32. The van der Waals surface area contributed by atoms with Crippen molar-refractivity contribution in [2.75, 3.05) is 18.4 Å². The fourth-order valence-electron chi connectivity index (χ4n) is 4.82. The lowest BCUT2D eigenvalue weighted by molar-refractivity contribution is -0.132. The first-order valence-corrected chi connectivity index (χ1v) is 13.8. The number of aromatic nitrogens is 1. The van der Waals surface area contributed by atoms with E-state index in [4.69, 9.17) is 0 Å². The normalized spacial score (nSPS) is 13.9. The summed E-state index contributed by atoms with van der Waals surface area (Å²) >= 11 is 1.50. The van der Waals surface area contributed by atoms with Gasteiger partial charge in [-0.1, -0.05) is 60.2 Å². The SMILES string of the molecule is Cc1ccc(-c2ccccc2NC(=O)c2csc(C3CCN(C(=O)CCc4cccc(F)c4)CC3)n2)cc1. The molecule has 1 fully saturated rings. The number of hydrogen-bond donors (Lipinski definition) is 1. The number of nitrogens with zero attached hydrogens (tertiary/aromatic N) is 2. The lowest BCUT2D eigenvalue weighted by Crippen LogP contribution is -2.38. The lowest BCUT2D eigenvalue weighted by Gasteiger charge is -2.31. The second-order valence-electron chi connectivity index (χ2n) is 9.72. The summed E-state index contributed by atoms with van der Waals surface area (Å²) in [6.45, 7) is 3.38. The molecule has 0 spiro atoms. The summed E-state index contributed by atoms with van der Waals surface area (Å²) in [6.07, 6.45) is 2.54. The van der Waals surface area contributed by atoms with Gasteiger partial charge in [0.05, 0.1) is 5.01 Å². The summed E-state index contributed by atoms with van der Waals surface area (Å²) < 4.78 is 13.4. The Labute approximate surface area is 226 Å². The zero-order valence-electron chi connectivity index (χ0n) is 21.3. The molecule has 0 atom stereocenters. The molecular formula is C31H30FN3O2S. The van der Waals surface area contributed by atoms with E-state index in [0.717, 1.165) is 40.2 Å². The number of piperidine rings is 1. The molecule has 0 aliphatic carbocycles. The number of aryl methyl sites for hydroxylation is 2. The molecule has 2 heterocycles. The molecule has 0 radical (unpaired) electrons. The molecule has 1 aliphatic rings. The summed E-state index contributed by atoms with van der Waals surface area (Å²) in [6, 6.07) is 22.4. The fourth-order valence-corrected chi connectivity index (χ4v) is 5.79. The van der Waals surface area contributed by atoms with Crippen LogP contribution in [0.4, 0.5) is 10.1 Å². The number of hydrogen-bond acceptors (Lipinski definition) is 4. The number of benzene rings is 3. The first-order valence-electron chi connectivity index (χ1n) is 12.9. The maximum Gasteiger partial charge on any atom is 0.275 e. The van der Waals surface area contributed by atoms with Crippen LogP contribution in [0.15, 0.2) is 78.2 Å². The predicted molar refractivity (Wildman–Crippen MR) is 150 cm³/mol. The summed E-state index contributed by atoms with van der Waals surface area (Å²) in [4.78, 5) is 32.3. The van der Waals surface area contributed by atoms with Crippen molar-refractivity contribution in [1.82, 2.24) is 9.88 Å². The summed E-state index contributed by atoms with van der Waals surface area (Å²) in [5, 5.41) is 5.79. The van der Waals surface area contributed by atoms with Gasteiger partial charge in [0, 0.05) is 42.1 Å². The van der Waals surface area contributed by atoms with Crippen molar-refractivity contribution >= 4 is 28.8 Å². The average Bonchev–Trinajstić information content (AvgIpc) is 3.43. The number of rotatable bonds is 7. The lowest BCUT2D eigenvalue weighted by atomic mass is 9.97. The topological polar surface area (TPSA) is 62.3 Å². The van der Waals surface area contributed by atoms with Crippen LogP contribution in [0.25, 0.3) is 11.1 Å². The van der Waals surface area contributed by atoms with Gasteiger partial charge < -0.3 is 10.2 Å². The van der Waals surface area contributed by atoms with Gasteiger partial charge in [0.1, 0.15) is 11.5 Å². The Balaban J connectivity index is 1.16. The van der Waals surface area contributed by atoms with E-state index in [9.17, 15) is 14.0 Å². The summed E-state index contributed by atoms with van der Waals surface area (Å²) in [5.74, 6) is -0.174. The van der Waals surface area contributed by atoms with Gasteiger partial charge in [-0.25, -0.2) is 9.37 Å². The van der Waals surface area contributed by atoms with Crippen LogP contribution in [0.5, 0.6) is 0 Å². The molecule has 5 rings (SSSR count). The molecule has 5 nitrogen and oxygen atoms in total. The van der Waals surface area contributed by atoms with Gasteiger partial charge in [-0.2, -0.15) is 0 Å². The van der Waals surface area contributed by atoms with Crippen molar-refractivity contribution in [2.24, 2.45) is 0 Å². The number of halogens is 1. The highest BCUT2D eigenvalue weighted by molar-refractivity contribution is 7.10. The largest absolute Gasteiger partial charge is 0.343 e. The Kier molecular flexibility index (Phi) is 7.94. The molecule has 1 aromatic heterocycles. The molecule has 1 saturated heterocycles. The average molecular weight is 528 g/mol. The molecule has 0 bridgehead atoms. The number of amides is 2. The van der Waals surface area contributed by atoms with E-state index in [1.165, 1.54) is 29.0 Å². The maximum absolute atomic E-state index is 13.4. The van der Waals surface area contributed by atoms with Gasteiger partial charge in [0.25, 0.3) is 5.91 Å².